The van der Waals surface area contributed by atoms with Gasteiger partial charge in [-0.05, 0) is 38.5 Å². The van der Waals surface area contributed by atoms with E-state index in [4.69, 9.17) is 0 Å². The highest BCUT2D eigenvalue weighted by Gasteiger charge is 2.36. The first kappa shape index (κ1) is 12.4. The minimum absolute atomic E-state index is 0.348. The molecule has 2 heteroatoms. The van der Waals surface area contributed by atoms with Gasteiger partial charge in [0, 0.05) is 31.2 Å². The van der Waals surface area contributed by atoms with Crippen molar-refractivity contribution in [1.29, 1.82) is 0 Å². The molecule has 0 radical (unpaired) electrons. The SMILES string of the molecule is CC(C)C1CN(CC2CCC2)C(C)(C)CN1. The Balaban J connectivity index is 1.93. The molecule has 1 heterocycles. The van der Waals surface area contributed by atoms with Crippen LogP contribution in [-0.2, 0) is 0 Å². The van der Waals surface area contributed by atoms with Crippen LogP contribution in [0.1, 0.15) is 47.0 Å². The van der Waals surface area contributed by atoms with Crippen LogP contribution >= 0.6 is 0 Å². The van der Waals surface area contributed by atoms with Crippen molar-refractivity contribution >= 4 is 0 Å². The van der Waals surface area contributed by atoms with E-state index in [1.54, 1.807) is 0 Å². The molecule has 1 aliphatic carbocycles. The maximum absolute atomic E-state index is 3.71. The second-order valence-corrected chi connectivity index (χ2v) is 6.75. The summed E-state index contributed by atoms with van der Waals surface area (Å²) in [5.74, 6) is 1.74. The van der Waals surface area contributed by atoms with Gasteiger partial charge in [0.05, 0.1) is 0 Å². The minimum atomic E-state index is 0.348. The Bertz CT molecular complexity index is 231. The average Bonchev–Trinajstić information content (AvgIpc) is 2.12. The number of hydrogen-bond acceptors (Lipinski definition) is 2. The normalized spacial score (nSPS) is 31.7. The van der Waals surface area contributed by atoms with Gasteiger partial charge < -0.3 is 5.32 Å². The van der Waals surface area contributed by atoms with Crippen molar-refractivity contribution in [3.63, 3.8) is 0 Å². The van der Waals surface area contributed by atoms with E-state index in [9.17, 15) is 0 Å². The zero-order chi connectivity index (χ0) is 11.8. The Labute approximate surface area is 101 Å². The molecule has 2 nitrogen and oxygen atoms in total. The van der Waals surface area contributed by atoms with E-state index < -0.39 is 0 Å². The molecule has 1 saturated carbocycles. The molecule has 1 saturated heterocycles. The monoisotopic (exact) mass is 224 g/mol. The fourth-order valence-electron chi connectivity index (χ4n) is 2.80. The lowest BCUT2D eigenvalue weighted by Crippen LogP contribution is -2.64. The number of nitrogens with zero attached hydrogens (tertiary/aromatic N) is 1. The third kappa shape index (κ3) is 2.60. The summed E-state index contributed by atoms with van der Waals surface area (Å²) >= 11 is 0. The third-order valence-electron chi connectivity index (χ3n) is 4.58. The molecule has 0 bridgehead atoms. The number of nitrogens with one attached hydrogen (secondary N) is 1. The molecule has 0 aromatic rings. The van der Waals surface area contributed by atoms with Crippen molar-refractivity contribution in [1.82, 2.24) is 10.2 Å². The maximum Gasteiger partial charge on any atom is 0.0278 e. The first-order valence-corrected chi connectivity index (χ1v) is 6.97. The van der Waals surface area contributed by atoms with Crippen LogP contribution in [0.3, 0.4) is 0 Å². The van der Waals surface area contributed by atoms with Crippen molar-refractivity contribution in [3.8, 4) is 0 Å². The van der Waals surface area contributed by atoms with Crippen LogP contribution < -0.4 is 5.32 Å². The predicted molar refractivity (Wildman–Crippen MR) is 69.6 cm³/mol. The standard InChI is InChI=1S/C14H28N2/c1-11(2)13-9-16(8-12-6-5-7-12)14(3,4)10-15-13/h11-13,15H,5-10H2,1-4H3. The Morgan fingerprint density at radius 2 is 2.00 bits per heavy atom. The molecule has 1 unspecified atom stereocenters. The lowest BCUT2D eigenvalue weighted by atomic mass is 9.83. The molecule has 2 aliphatic rings. The van der Waals surface area contributed by atoms with Gasteiger partial charge in [-0.25, -0.2) is 0 Å². The Morgan fingerprint density at radius 1 is 1.31 bits per heavy atom. The van der Waals surface area contributed by atoms with Gasteiger partial charge in [0.2, 0.25) is 0 Å². The smallest absolute Gasteiger partial charge is 0.0278 e. The van der Waals surface area contributed by atoms with Crippen LogP contribution in [0.25, 0.3) is 0 Å². The van der Waals surface area contributed by atoms with E-state index in [-0.39, 0.29) is 0 Å². The van der Waals surface area contributed by atoms with Crippen LogP contribution in [-0.4, -0.2) is 36.1 Å². The average molecular weight is 224 g/mol. The zero-order valence-corrected chi connectivity index (χ0v) is 11.4. The summed E-state index contributed by atoms with van der Waals surface area (Å²) in [7, 11) is 0. The van der Waals surface area contributed by atoms with Crippen molar-refractivity contribution in [2.24, 2.45) is 11.8 Å². The van der Waals surface area contributed by atoms with Gasteiger partial charge in [0.25, 0.3) is 0 Å². The summed E-state index contributed by atoms with van der Waals surface area (Å²) in [6, 6.07) is 0.688. The molecular weight excluding hydrogens is 196 g/mol. The lowest BCUT2D eigenvalue weighted by Gasteiger charge is -2.49. The molecule has 0 amide bonds. The molecule has 1 atom stereocenters. The molecule has 1 N–H and O–H groups in total. The highest BCUT2D eigenvalue weighted by molar-refractivity contribution is 4.95. The molecule has 1 aliphatic heterocycles. The van der Waals surface area contributed by atoms with Gasteiger partial charge in [-0.15, -0.1) is 0 Å². The molecule has 2 fully saturated rings. The molecule has 94 valence electrons. The summed E-state index contributed by atoms with van der Waals surface area (Å²) in [4.78, 5) is 2.73. The first-order valence-electron chi connectivity index (χ1n) is 6.97. The topological polar surface area (TPSA) is 15.3 Å². The molecule has 2 rings (SSSR count). The summed E-state index contributed by atoms with van der Waals surface area (Å²) in [6.45, 7) is 13.1. The van der Waals surface area contributed by atoms with E-state index in [1.807, 2.05) is 0 Å². The zero-order valence-electron chi connectivity index (χ0n) is 11.4. The van der Waals surface area contributed by atoms with Crippen LogP contribution in [0.2, 0.25) is 0 Å². The van der Waals surface area contributed by atoms with E-state index in [2.05, 4.69) is 37.9 Å². The quantitative estimate of drug-likeness (QED) is 0.792. The van der Waals surface area contributed by atoms with E-state index >= 15 is 0 Å². The van der Waals surface area contributed by atoms with E-state index in [1.165, 1.54) is 32.4 Å². The number of rotatable bonds is 3. The molecule has 16 heavy (non-hydrogen) atoms. The Morgan fingerprint density at radius 3 is 2.50 bits per heavy atom. The summed E-state index contributed by atoms with van der Waals surface area (Å²) in [5.41, 5.74) is 0.348. The largest absolute Gasteiger partial charge is 0.311 e. The number of piperazine rings is 1. The molecule has 0 spiro atoms. The fourth-order valence-corrected chi connectivity index (χ4v) is 2.80. The fraction of sp³-hybridized carbons (Fsp3) is 1.00. The second kappa shape index (κ2) is 4.66. The van der Waals surface area contributed by atoms with Crippen molar-refractivity contribution in [2.45, 2.75) is 58.5 Å². The van der Waals surface area contributed by atoms with Crippen molar-refractivity contribution in [3.05, 3.63) is 0 Å². The van der Waals surface area contributed by atoms with Gasteiger partial charge in [-0.1, -0.05) is 20.3 Å². The van der Waals surface area contributed by atoms with E-state index in [0.717, 1.165) is 18.4 Å². The van der Waals surface area contributed by atoms with Gasteiger partial charge >= 0.3 is 0 Å². The summed E-state index contributed by atoms with van der Waals surface area (Å²) in [5, 5.41) is 3.71. The Hall–Kier alpha value is -0.0800. The van der Waals surface area contributed by atoms with Crippen molar-refractivity contribution in [2.75, 3.05) is 19.6 Å². The van der Waals surface area contributed by atoms with Crippen LogP contribution in [0.5, 0.6) is 0 Å². The highest BCUT2D eigenvalue weighted by atomic mass is 15.3. The third-order valence-corrected chi connectivity index (χ3v) is 4.58. The second-order valence-electron chi connectivity index (χ2n) is 6.75. The molecule has 0 aromatic heterocycles. The maximum atomic E-state index is 3.71. The molecule has 0 aromatic carbocycles. The summed E-state index contributed by atoms with van der Waals surface area (Å²) < 4.78 is 0. The van der Waals surface area contributed by atoms with Crippen LogP contribution in [0.15, 0.2) is 0 Å². The Kier molecular flexibility index (Phi) is 3.60. The van der Waals surface area contributed by atoms with Crippen LogP contribution in [0.4, 0.5) is 0 Å². The van der Waals surface area contributed by atoms with Gasteiger partial charge in [-0.2, -0.15) is 0 Å². The highest BCUT2D eigenvalue weighted by Crippen LogP contribution is 2.31. The van der Waals surface area contributed by atoms with Crippen molar-refractivity contribution < 1.29 is 0 Å². The van der Waals surface area contributed by atoms with Crippen LogP contribution in [0, 0.1) is 11.8 Å². The predicted octanol–water partition coefficient (Wildman–Crippen LogP) is 2.49. The minimum Gasteiger partial charge on any atom is -0.311 e. The number of hydrogen-bond donors (Lipinski definition) is 1. The first-order chi connectivity index (χ1) is 7.49. The van der Waals surface area contributed by atoms with Gasteiger partial charge in [-0.3, -0.25) is 4.90 Å². The molecular formula is C14H28N2. The lowest BCUT2D eigenvalue weighted by molar-refractivity contribution is 0.0282. The van der Waals surface area contributed by atoms with Gasteiger partial charge in [0.15, 0.2) is 0 Å². The summed E-state index contributed by atoms with van der Waals surface area (Å²) in [6.07, 6.45) is 4.39. The van der Waals surface area contributed by atoms with E-state index in [0.29, 0.717) is 11.6 Å². The van der Waals surface area contributed by atoms with Gasteiger partial charge in [0.1, 0.15) is 0 Å².